The van der Waals surface area contributed by atoms with Crippen molar-refractivity contribution in [3.63, 3.8) is 0 Å². The molecule has 0 spiro atoms. The van der Waals surface area contributed by atoms with Crippen LogP contribution in [-0.2, 0) is 30.6 Å². The van der Waals surface area contributed by atoms with Crippen LogP contribution in [0.3, 0.4) is 0 Å². The fourth-order valence-corrected chi connectivity index (χ4v) is 6.55. The average Bonchev–Trinajstić information content (AvgIpc) is 3.43. The van der Waals surface area contributed by atoms with Gasteiger partial charge in [0.15, 0.2) is 17.1 Å². The Morgan fingerprint density at radius 1 is 1.19 bits per heavy atom. The number of thioether (sulfide) groups is 1. The van der Waals surface area contributed by atoms with Gasteiger partial charge in [0.1, 0.15) is 16.8 Å². The van der Waals surface area contributed by atoms with Crippen molar-refractivity contribution in [2.45, 2.75) is 83.5 Å². The first kappa shape index (κ1) is 26.2. The van der Waals surface area contributed by atoms with Gasteiger partial charge in [-0.15, -0.1) is 21.5 Å². The molecule has 0 radical (unpaired) electrons. The number of thiophene rings is 1. The van der Waals surface area contributed by atoms with Crippen molar-refractivity contribution < 1.29 is 9.53 Å². The van der Waals surface area contributed by atoms with Gasteiger partial charge in [-0.2, -0.15) is 5.26 Å². The van der Waals surface area contributed by atoms with Crippen molar-refractivity contribution in [3.8, 4) is 11.8 Å². The normalized spacial score (nSPS) is 14.3. The maximum absolute atomic E-state index is 12.8. The van der Waals surface area contributed by atoms with Crippen molar-refractivity contribution in [2.24, 2.45) is 0 Å². The monoisotopic (exact) mass is 523 g/mol. The second kappa shape index (κ2) is 12.4. The summed E-state index contributed by atoms with van der Waals surface area (Å²) in [5.74, 6) is 1.57. The number of ether oxygens (including phenoxy) is 1. The smallest absolute Gasteiger partial charge is 0.235 e. The highest BCUT2D eigenvalue weighted by molar-refractivity contribution is 7.99. The van der Waals surface area contributed by atoms with Crippen LogP contribution in [0.2, 0.25) is 0 Å². The van der Waals surface area contributed by atoms with Gasteiger partial charge in [-0.1, -0.05) is 43.7 Å². The molecule has 1 aromatic carbocycles. The minimum atomic E-state index is -0.281. The minimum absolute atomic E-state index is 0.141. The molecule has 3 aromatic rings. The van der Waals surface area contributed by atoms with Crippen molar-refractivity contribution in [2.75, 3.05) is 11.1 Å². The van der Waals surface area contributed by atoms with Gasteiger partial charge in [-0.05, 0) is 69.2 Å². The summed E-state index contributed by atoms with van der Waals surface area (Å²) < 4.78 is 8.09. The van der Waals surface area contributed by atoms with Gasteiger partial charge in [-0.3, -0.25) is 4.79 Å². The number of nitrogens with zero attached hydrogens (tertiary/aromatic N) is 4. The van der Waals surface area contributed by atoms with Gasteiger partial charge in [0.25, 0.3) is 0 Å². The lowest BCUT2D eigenvalue weighted by Gasteiger charge is -2.15. The van der Waals surface area contributed by atoms with Crippen LogP contribution in [0.4, 0.5) is 5.00 Å². The quantitative estimate of drug-likeness (QED) is 0.330. The fraction of sp³-hybridized carbons (Fsp3) is 0.481. The molecular weight excluding hydrogens is 490 g/mol. The highest BCUT2D eigenvalue weighted by Crippen LogP contribution is 2.36. The van der Waals surface area contributed by atoms with Crippen LogP contribution in [0.25, 0.3) is 0 Å². The molecule has 36 heavy (non-hydrogen) atoms. The molecule has 1 atom stereocenters. The molecular formula is C27H33N5O2S2. The van der Waals surface area contributed by atoms with E-state index in [-0.39, 0.29) is 17.8 Å². The number of aromatic nitrogens is 3. The predicted molar refractivity (Wildman–Crippen MR) is 145 cm³/mol. The second-order valence-corrected chi connectivity index (χ2v) is 11.0. The molecule has 1 unspecified atom stereocenters. The summed E-state index contributed by atoms with van der Waals surface area (Å²) in [5.41, 5.74) is 3.05. The highest BCUT2D eigenvalue weighted by atomic mass is 32.2. The molecule has 1 aliphatic rings. The standard InChI is InChI=1S/C27H33N5O2S2/c1-4-19-12-14-20(15-13-19)34-18(3)25-30-31-27(32(25)5-2)35-17-24(33)29-26-22(16-28)21-10-8-6-7-9-11-23(21)36-26/h12-15,18H,4-11,17H2,1-3H3,(H,29,33). The molecule has 4 rings (SSSR count). The van der Waals surface area contributed by atoms with Crippen molar-refractivity contribution in [1.29, 1.82) is 5.26 Å². The van der Waals surface area contributed by atoms with Gasteiger partial charge in [0, 0.05) is 11.4 Å². The number of hydrogen-bond donors (Lipinski definition) is 1. The van der Waals surface area contributed by atoms with E-state index < -0.39 is 0 Å². The number of rotatable bonds is 9. The van der Waals surface area contributed by atoms with Crippen LogP contribution >= 0.6 is 23.1 Å². The lowest BCUT2D eigenvalue weighted by atomic mass is 9.97. The molecule has 2 aromatic heterocycles. The van der Waals surface area contributed by atoms with Gasteiger partial charge in [0.2, 0.25) is 5.91 Å². The largest absolute Gasteiger partial charge is 0.483 e. The molecule has 7 nitrogen and oxygen atoms in total. The number of carbonyl (C=O) groups excluding carboxylic acids is 1. The van der Waals surface area contributed by atoms with Crippen LogP contribution in [0.5, 0.6) is 5.75 Å². The number of fused-ring (bicyclic) bond motifs is 1. The summed E-state index contributed by atoms with van der Waals surface area (Å²) >= 11 is 2.91. The Morgan fingerprint density at radius 2 is 1.94 bits per heavy atom. The van der Waals surface area contributed by atoms with Crippen LogP contribution in [0.15, 0.2) is 29.4 Å². The Bertz CT molecular complexity index is 1230. The van der Waals surface area contributed by atoms with E-state index in [1.54, 1.807) is 11.3 Å². The van der Waals surface area contributed by atoms with Crippen LogP contribution in [0.1, 0.15) is 80.0 Å². The van der Waals surface area contributed by atoms with Crippen molar-refractivity contribution in [1.82, 2.24) is 14.8 Å². The van der Waals surface area contributed by atoms with E-state index in [0.717, 1.165) is 49.2 Å². The molecule has 1 aliphatic carbocycles. The number of anilines is 1. The summed E-state index contributed by atoms with van der Waals surface area (Å²) in [6, 6.07) is 10.4. The Kier molecular flexibility index (Phi) is 9.05. The van der Waals surface area contributed by atoms with Crippen molar-refractivity contribution >= 4 is 34.0 Å². The first-order valence-electron chi connectivity index (χ1n) is 12.7. The van der Waals surface area contributed by atoms with Crippen LogP contribution < -0.4 is 10.1 Å². The van der Waals surface area contributed by atoms with Gasteiger partial charge < -0.3 is 14.6 Å². The maximum atomic E-state index is 12.8. The molecule has 0 saturated carbocycles. The minimum Gasteiger partial charge on any atom is -0.483 e. The van der Waals surface area contributed by atoms with Crippen LogP contribution in [-0.4, -0.2) is 26.4 Å². The third kappa shape index (κ3) is 6.11. The second-order valence-electron chi connectivity index (χ2n) is 8.91. The molecule has 1 amide bonds. The third-order valence-electron chi connectivity index (χ3n) is 6.44. The lowest BCUT2D eigenvalue weighted by molar-refractivity contribution is -0.113. The van der Waals surface area contributed by atoms with Crippen molar-refractivity contribution in [3.05, 3.63) is 51.7 Å². The Morgan fingerprint density at radius 3 is 2.64 bits per heavy atom. The van der Waals surface area contributed by atoms with Gasteiger partial charge >= 0.3 is 0 Å². The molecule has 0 saturated heterocycles. The average molecular weight is 524 g/mol. The molecule has 1 N–H and O–H groups in total. The Balaban J connectivity index is 1.40. The SMILES string of the molecule is CCc1ccc(OC(C)c2nnc(SCC(=O)Nc3sc4c(c3C#N)CCCCCC4)n2CC)cc1. The number of benzene rings is 1. The van der Waals surface area contributed by atoms with Gasteiger partial charge in [-0.25, -0.2) is 0 Å². The summed E-state index contributed by atoms with van der Waals surface area (Å²) in [4.78, 5) is 14.1. The number of aryl methyl sites for hydroxylation is 2. The van der Waals surface area contributed by atoms with E-state index >= 15 is 0 Å². The maximum Gasteiger partial charge on any atom is 0.235 e. The molecule has 190 valence electrons. The fourth-order valence-electron chi connectivity index (χ4n) is 4.48. The number of hydrogen-bond acceptors (Lipinski definition) is 7. The number of carbonyl (C=O) groups is 1. The van der Waals surface area contributed by atoms with E-state index in [0.29, 0.717) is 22.3 Å². The van der Waals surface area contributed by atoms with E-state index in [1.807, 2.05) is 30.5 Å². The first-order valence-corrected chi connectivity index (χ1v) is 14.5. The van der Waals surface area contributed by atoms with E-state index in [2.05, 4.69) is 40.6 Å². The molecule has 0 fully saturated rings. The molecule has 0 bridgehead atoms. The highest BCUT2D eigenvalue weighted by Gasteiger charge is 2.22. The summed E-state index contributed by atoms with van der Waals surface area (Å²) in [5, 5.41) is 22.8. The van der Waals surface area contributed by atoms with E-state index in [1.165, 1.54) is 35.0 Å². The zero-order valence-corrected chi connectivity index (χ0v) is 22.8. The summed E-state index contributed by atoms with van der Waals surface area (Å²) in [6.07, 6.45) is 7.29. The summed E-state index contributed by atoms with van der Waals surface area (Å²) in [7, 11) is 0. The first-order chi connectivity index (χ1) is 17.5. The molecule has 9 heteroatoms. The third-order valence-corrected chi connectivity index (χ3v) is 8.61. The number of nitriles is 1. The zero-order chi connectivity index (χ0) is 25.5. The molecule has 2 heterocycles. The van der Waals surface area contributed by atoms with E-state index in [9.17, 15) is 10.1 Å². The Hall–Kier alpha value is -2.83. The van der Waals surface area contributed by atoms with E-state index in [4.69, 9.17) is 4.74 Å². The zero-order valence-electron chi connectivity index (χ0n) is 21.2. The van der Waals surface area contributed by atoms with Gasteiger partial charge in [0.05, 0.1) is 11.3 Å². The Labute approximate surface area is 221 Å². The predicted octanol–water partition coefficient (Wildman–Crippen LogP) is 6.32. The summed E-state index contributed by atoms with van der Waals surface area (Å²) in [6.45, 7) is 6.78. The molecule has 0 aliphatic heterocycles. The lowest BCUT2D eigenvalue weighted by Crippen LogP contribution is -2.15. The number of nitrogens with one attached hydrogen (secondary N) is 1. The van der Waals surface area contributed by atoms with Crippen LogP contribution in [0, 0.1) is 11.3 Å². The number of amides is 1. The topological polar surface area (TPSA) is 92.8 Å².